The maximum atomic E-state index is 8.96. The van der Waals surface area contributed by atoms with Crippen molar-refractivity contribution in [2.24, 2.45) is 5.41 Å². The van der Waals surface area contributed by atoms with Crippen molar-refractivity contribution < 1.29 is 0 Å². The van der Waals surface area contributed by atoms with E-state index in [-0.39, 0.29) is 5.41 Å². The third-order valence-electron chi connectivity index (χ3n) is 4.14. The quantitative estimate of drug-likeness (QED) is 0.798. The molecule has 0 saturated carbocycles. The van der Waals surface area contributed by atoms with Gasteiger partial charge in [-0.1, -0.05) is 0 Å². The van der Waals surface area contributed by atoms with E-state index >= 15 is 0 Å². The molecule has 0 unspecified atom stereocenters. The molecule has 3 heteroatoms. The Bertz CT molecular complexity index is 270. The van der Waals surface area contributed by atoms with Crippen LogP contribution in [0.15, 0.2) is 0 Å². The van der Waals surface area contributed by atoms with E-state index in [1.165, 1.54) is 25.9 Å². The van der Waals surface area contributed by atoms with Crippen molar-refractivity contribution in [3.8, 4) is 6.07 Å². The number of nitrogens with zero attached hydrogens (tertiary/aromatic N) is 2. The lowest BCUT2D eigenvalue weighted by molar-refractivity contribution is 0.147. The molecule has 0 atom stereocenters. The van der Waals surface area contributed by atoms with E-state index in [4.69, 9.17) is 5.26 Å². The second kappa shape index (κ2) is 5.84. The van der Waals surface area contributed by atoms with Gasteiger partial charge in [0.1, 0.15) is 0 Å². The van der Waals surface area contributed by atoms with E-state index < -0.39 is 0 Å². The van der Waals surface area contributed by atoms with Crippen molar-refractivity contribution in [3.05, 3.63) is 0 Å². The molecule has 3 nitrogen and oxygen atoms in total. The maximum Gasteiger partial charge on any atom is 0.0683 e. The van der Waals surface area contributed by atoms with E-state index in [0.717, 1.165) is 19.4 Å². The minimum absolute atomic E-state index is 0.157. The number of likely N-dealkylation sites (tertiary alicyclic amines) is 1. The lowest BCUT2D eigenvalue weighted by atomic mass is 9.88. The number of nitrogens with one attached hydrogen (secondary N) is 1. The van der Waals surface area contributed by atoms with Crippen molar-refractivity contribution >= 4 is 0 Å². The van der Waals surface area contributed by atoms with Gasteiger partial charge in [0, 0.05) is 5.54 Å². The molecule has 0 amide bonds. The van der Waals surface area contributed by atoms with Gasteiger partial charge >= 0.3 is 0 Å². The van der Waals surface area contributed by atoms with Crippen molar-refractivity contribution in [1.82, 2.24) is 10.2 Å². The Morgan fingerprint density at radius 2 is 1.94 bits per heavy atom. The number of rotatable bonds is 5. The first kappa shape index (κ1) is 14.5. The first-order chi connectivity index (χ1) is 7.91. The predicted molar refractivity (Wildman–Crippen MR) is 71.8 cm³/mol. The van der Waals surface area contributed by atoms with Crippen LogP contribution in [0.3, 0.4) is 0 Å². The summed E-state index contributed by atoms with van der Waals surface area (Å²) >= 11 is 0. The van der Waals surface area contributed by atoms with Crippen molar-refractivity contribution in [2.45, 2.75) is 52.0 Å². The van der Waals surface area contributed by atoms with Gasteiger partial charge in [0.25, 0.3) is 0 Å². The molecule has 1 heterocycles. The molecule has 17 heavy (non-hydrogen) atoms. The largest absolute Gasteiger partial charge is 0.314 e. The zero-order valence-electron chi connectivity index (χ0n) is 11.8. The van der Waals surface area contributed by atoms with Gasteiger partial charge in [-0.25, -0.2) is 0 Å². The highest BCUT2D eigenvalue weighted by Crippen LogP contribution is 2.24. The molecule has 1 N–H and O–H groups in total. The standard InChI is InChI=1S/C14H27N3/c1-13(2,12-15)6-5-9-17-10-7-14(3,16-4)8-11-17/h16H,5-11H2,1-4H3. The molecule has 1 rings (SSSR count). The van der Waals surface area contributed by atoms with Crippen LogP contribution in [0.2, 0.25) is 0 Å². The van der Waals surface area contributed by atoms with Gasteiger partial charge in [-0.2, -0.15) is 5.26 Å². The van der Waals surface area contributed by atoms with Crippen LogP contribution < -0.4 is 5.32 Å². The molecular weight excluding hydrogens is 210 g/mol. The third-order valence-corrected chi connectivity index (χ3v) is 4.14. The molecule has 1 aliphatic heterocycles. The van der Waals surface area contributed by atoms with E-state index in [1.54, 1.807) is 0 Å². The summed E-state index contributed by atoms with van der Waals surface area (Å²) in [4.78, 5) is 2.53. The Morgan fingerprint density at radius 1 is 1.35 bits per heavy atom. The summed E-state index contributed by atoms with van der Waals surface area (Å²) in [7, 11) is 2.06. The van der Waals surface area contributed by atoms with Gasteiger partial charge in [-0.05, 0) is 73.1 Å². The molecule has 0 aliphatic carbocycles. The fraction of sp³-hybridized carbons (Fsp3) is 0.929. The fourth-order valence-corrected chi connectivity index (χ4v) is 2.32. The third kappa shape index (κ3) is 4.65. The lowest BCUT2D eigenvalue weighted by Gasteiger charge is -2.39. The summed E-state index contributed by atoms with van der Waals surface area (Å²) < 4.78 is 0. The highest BCUT2D eigenvalue weighted by Gasteiger charge is 2.28. The number of piperidine rings is 1. The summed E-state index contributed by atoms with van der Waals surface area (Å²) in [6.45, 7) is 9.88. The van der Waals surface area contributed by atoms with Crippen LogP contribution in [0.25, 0.3) is 0 Å². The number of hydrogen-bond donors (Lipinski definition) is 1. The van der Waals surface area contributed by atoms with Crippen molar-refractivity contribution in [2.75, 3.05) is 26.7 Å². The summed E-state index contributed by atoms with van der Waals surface area (Å²) in [5.41, 5.74) is 0.178. The van der Waals surface area contributed by atoms with Gasteiger partial charge in [-0.3, -0.25) is 0 Å². The maximum absolute atomic E-state index is 8.96. The molecule has 1 aliphatic rings. The highest BCUT2D eigenvalue weighted by molar-refractivity contribution is 4.92. The van der Waals surface area contributed by atoms with Gasteiger partial charge in [-0.15, -0.1) is 0 Å². The SMILES string of the molecule is CNC1(C)CCN(CCCC(C)(C)C#N)CC1. The van der Waals surface area contributed by atoms with E-state index in [0.29, 0.717) is 5.54 Å². The predicted octanol–water partition coefficient (Wildman–Crippen LogP) is 2.39. The Hall–Kier alpha value is -0.590. The molecule has 0 aromatic carbocycles. The van der Waals surface area contributed by atoms with E-state index in [2.05, 4.69) is 30.3 Å². The first-order valence-electron chi connectivity index (χ1n) is 6.73. The highest BCUT2D eigenvalue weighted by atomic mass is 15.1. The molecule has 0 aromatic heterocycles. The van der Waals surface area contributed by atoms with Crippen LogP contribution >= 0.6 is 0 Å². The summed E-state index contributed by atoms with van der Waals surface area (Å²) in [5.74, 6) is 0. The Balaban J connectivity index is 2.22. The average molecular weight is 237 g/mol. The van der Waals surface area contributed by atoms with Gasteiger partial charge in [0.05, 0.1) is 11.5 Å². The molecule has 1 fully saturated rings. The molecule has 1 saturated heterocycles. The Labute approximate surface area is 106 Å². The van der Waals surface area contributed by atoms with Gasteiger partial charge in [0.15, 0.2) is 0 Å². The smallest absolute Gasteiger partial charge is 0.0683 e. The summed E-state index contributed by atoms with van der Waals surface area (Å²) in [5, 5.41) is 12.4. The molecule has 0 aromatic rings. The minimum atomic E-state index is -0.157. The zero-order valence-corrected chi connectivity index (χ0v) is 11.8. The average Bonchev–Trinajstić information content (AvgIpc) is 2.32. The fourth-order valence-electron chi connectivity index (χ4n) is 2.32. The molecular formula is C14H27N3. The second-order valence-electron chi connectivity index (χ2n) is 6.25. The van der Waals surface area contributed by atoms with Crippen LogP contribution in [0.4, 0.5) is 0 Å². The number of hydrogen-bond acceptors (Lipinski definition) is 3. The van der Waals surface area contributed by atoms with Gasteiger partial charge in [0.2, 0.25) is 0 Å². The number of nitriles is 1. The first-order valence-corrected chi connectivity index (χ1v) is 6.73. The summed E-state index contributed by atoms with van der Waals surface area (Å²) in [6.07, 6.45) is 4.59. The zero-order chi connectivity index (χ0) is 12.9. The van der Waals surface area contributed by atoms with Crippen LogP contribution in [-0.4, -0.2) is 37.1 Å². The molecule has 0 spiro atoms. The van der Waals surface area contributed by atoms with Gasteiger partial charge < -0.3 is 10.2 Å². The van der Waals surface area contributed by atoms with Crippen LogP contribution in [-0.2, 0) is 0 Å². The van der Waals surface area contributed by atoms with Crippen LogP contribution in [0.5, 0.6) is 0 Å². The summed E-state index contributed by atoms with van der Waals surface area (Å²) in [6, 6.07) is 2.37. The normalized spacial score (nSPS) is 21.1. The van der Waals surface area contributed by atoms with Crippen LogP contribution in [0, 0.1) is 16.7 Å². The lowest BCUT2D eigenvalue weighted by Crippen LogP contribution is -2.50. The monoisotopic (exact) mass is 237 g/mol. The Kier molecular flexibility index (Phi) is 4.97. The van der Waals surface area contributed by atoms with E-state index in [9.17, 15) is 0 Å². The molecule has 0 radical (unpaired) electrons. The molecule has 98 valence electrons. The van der Waals surface area contributed by atoms with Crippen LogP contribution in [0.1, 0.15) is 46.5 Å². The second-order valence-corrected chi connectivity index (χ2v) is 6.25. The van der Waals surface area contributed by atoms with Crippen molar-refractivity contribution in [3.63, 3.8) is 0 Å². The Morgan fingerprint density at radius 3 is 2.41 bits per heavy atom. The van der Waals surface area contributed by atoms with E-state index in [1.807, 2.05) is 13.8 Å². The van der Waals surface area contributed by atoms with Crippen molar-refractivity contribution in [1.29, 1.82) is 5.26 Å². The topological polar surface area (TPSA) is 39.1 Å². The molecule has 0 bridgehead atoms. The minimum Gasteiger partial charge on any atom is -0.314 e.